The van der Waals surface area contributed by atoms with Gasteiger partial charge in [0.15, 0.2) is 0 Å². The molecule has 1 N–H and O–H groups in total. The molecular formula is C17H24ClFN2. The minimum Gasteiger partial charge on any atom is -0.314 e. The second kappa shape index (κ2) is 6.64. The van der Waals surface area contributed by atoms with Crippen molar-refractivity contribution in [3.63, 3.8) is 0 Å². The molecule has 1 aliphatic heterocycles. The van der Waals surface area contributed by atoms with E-state index in [9.17, 15) is 4.39 Å². The van der Waals surface area contributed by atoms with Gasteiger partial charge in [-0.05, 0) is 57.3 Å². The van der Waals surface area contributed by atoms with Crippen molar-refractivity contribution in [1.82, 2.24) is 10.2 Å². The van der Waals surface area contributed by atoms with Crippen LogP contribution in [0.15, 0.2) is 18.2 Å². The summed E-state index contributed by atoms with van der Waals surface area (Å²) in [5.74, 6) is 0.255. The van der Waals surface area contributed by atoms with E-state index in [2.05, 4.69) is 17.3 Å². The Labute approximate surface area is 131 Å². The highest BCUT2D eigenvalue weighted by atomic mass is 35.5. The number of hydrogen-bond donors (Lipinski definition) is 1. The van der Waals surface area contributed by atoms with Crippen LogP contribution in [0.25, 0.3) is 0 Å². The molecule has 0 radical (unpaired) electrons. The monoisotopic (exact) mass is 310 g/mol. The summed E-state index contributed by atoms with van der Waals surface area (Å²) < 4.78 is 14.4. The average Bonchev–Trinajstić information content (AvgIpc) is 3.27. The maximum absolute atomic E-state index is 14.4. The van der Waals surface area contributed by atoms with Crippen molar-refractivity contribution in [2.75, 3.05) is 20.1 Å². The Balaban J connectivity index is 1.87. The molecule has 0 amide bonds. The van der Waals surface area contributed by atoms with Crippen LogP contribution in [0.2, 0.25) is 5.02 Å². The molecule has 0 bridgehead atoms. The average molecular weight is 311 g/mol. The van der Waals surface area contributed by atoms with Gasteiger partial charge >= 0.3 is 0 Å². The normalized spacial score (nSPS) is 27.6. The van der Waals surface area contributed by atoms with Crippen LogP contribution >= 0.6 is 11.6 Å². The van der Waals surface area contributed by atoms with Crippen LogP contribution in [0.5, 0.6) is 0 Å². The standard InChI is InChI=1S/C17H24ClFN2/c1-21-10-3-2-5-12(11-20-13-8-9-13)17(21)16-14(18)6-4-7-15(16)19/h4,6-7,12-13,17,20H,2-3,5,8-11H2,1H3. The molecule has 116 valence electrons. The van der Waals surface area contributed by atoms with Crippen LogP contribution in [0, 0.1) is 11.7 Å². The first-order valence-corrected chi connectivity index (χ1v) is 8.42. The summed E-state index contributed by atoms with van der Waals surface area (Å²) in [6.07, 6.45) is 6.10. The lowest BCUT2D eigenvalue weighted by molar-refractivity contribution is 0.184. The molecule has 0 spiro atoms. The van der Waals surface area contributed by atoms with Crippen molar-refractivity contribution in [2.45, 2.75) is 44.2 Å². The highest BCUT2D eigenvalue weighted by Crippen LogP contribution is 2.39. The summed E-state index contributed by atoms with van der Waals surface area (Å²) in [5.41, 5.74) is 0.686. The van der Waals surface area contributed by atoms with Crippen LogP contribution in [0.1, 0.15) is 43.7 Å². The Morgan fingerprint density at radius 1 is 1.29 bits per heavy atom. The number of hydrogen-bond acceptors (Lipinski definition) is 2. The van der Waals surface area contributed by atoms with Gasteiger partial charge in [0.05, 0.1) is 0 Å². The Kier molecular flexibility index (Phi) is 4.82. The SMILES string of the molecule is CN1CCCCC(CNC2CC2)C1c1c(F)cccc1Cl. The maximum atomic E-state index is 14.4. The lowest BCUT2D eigenvalue weighted by Crippen LogP contribution is -2.36. The molecule has 0 aromatic heterocycles. The molecule has 1 saturated carbocycles. The first kappa shape index (κ1) is 15.3. The second-order valence-corrected chi connectivity index (χ2v) is 6.91. The molecule has 2 unspecified atom stereocenters. The Morgan fingerprint density at radius 3 is 2.81 bits per heavy atom. The lowest BCUT2D eigenvalue weighted by atomic mass is 9.88. The van der Waals surface area contributed by atoms with Crippen LogP contribution in [-0.2, 0) is 0 Å². The van der Waals surface area contributed by atoms with Gasteiger partial charge in [0.2, 0.25) is 0 Å². The molecule has 2 aliphatic rings. The van der Waals surface area contributed by atoms with Gasteiger partial charge in [-0.1, -0.05) is 24.1 Å². The zero-order valence-electron chi connectivity index (χ0n) is 12.6. The first-order valence-electron chi connectivity index (χ1n) is 8.04. The number of likely N-dealkylation sites (tertiary alicyclic amines) is 1. The molecule has 1 aromatic carbocycles. The fourth-order valence-corrected chi connectivity index (χ4v) is 3.77. The quantitative estimate of drug-likeness (QED) is 0.904. The van der Waals surface area contributed by atoms with Gasteiger partial charge in [0.25, 0.3) is 0 Å². The first-order chi connectivity index (χ1) is 10.2. The van der Waals surface area contributed by atoms with Crippen LogP contribution in [0.3, 0.4) is 0 Å². The maximum Gasteiger partial charge on any atom is 0.129 e. The third kappa shape index (κ3) is 3.58. The van der Waals surface area contributed by atoms with Gasteiger partial charge in [-0.15, -0.1) is 0 Å². The number of rotatable bonds is 4. The predicted molar refractivity (Wildman–Crippen MR) is 85.1 cm³/mol. The van der Waals surface area contributed by atoms with Crippen molar-refractivity contribution in [3.05, 3.63) is 34.6 Å². The van der Waals surface area contributed by atoms with E-state index in [0.29, 0.717) is 22.5 Å². The third-order valence-corrected chi connectivity index (χ3v) is 5.13. The number of nitrogens with one attached hydrogen (secondary N) is 1. The Bertz CT molecular complexity index is 469. The second-order valence-electron chi connectivity index (χ2n) is 6.50. The van der Waals surface area contributed by atoms with Crippen molar-refractivity contribution in [1.29, 1.82) is 0 Å². The Hall–Kier alpha value is -0.640. The summed E-state index contributed by atoms with van der Waals surface area (Å²) >= 11 is 6.33. The number of halogens is 2. The lowest BCUT2D eigenvalue weighted by Gasteiger charge is -2.34. The van der Waals surface area contributed by atoms with Crippen molar-refractivity contribution >= 4 is 11.6 Å². The minimum absolute atomic E-state index is 0.0763. The molecule has 1 heterocycles. The van der Waals surface area contributed by atoms with E-state index in [1.54, 1.807) is 6.07 Å². The van der Waals surface area contributed by atoms with Crippen LogP contribution in [-0.4, -0.2) is 31.1 Å². The van der Waals surface area contributed by atoms with Gasteiger partial charge in [-0.25, -0.2) is 4.39 Å². The number of benzene rings is 1. The highest BCUT2D eigenvalue weighted by Gasteiger charge is 2.33. The van der Waals surface area contributed by atoms with Gasteiger partial charge in [-0.3, -0.25) is 4.90 Å². The van der Waals surface area contributed by atoms with Crippen LogP contribution < -0.4 is 5.32 Å². The number of nitrogens with zero attached hydrogens (tertiary/aromatic N) is 1. The molecule has 3 rings (SSSR count). The molecular weight excluding hydrogens is 287 g/mol. The summed E-state index contributed by atoms with van der Waals surface area (Å²) in [5, 5.41) is 4.18. The van der Waals surface area contributed by atoms with Gasteiger partial charge in [0, 0.05) is 29.2 Å². The molecule has 1 aliphatic carbocycles. The molecule has 21 heavy (non-hydrogen) atoms. The molecule has 4 heteroatoms. The zero-order valence-corrected chi connectivity index (χ0v) is 13.4. The predicted octanol–water partition coefficient (Wildman–Crippen LogP) is 4.00. The third-order valence-electron chi connectivity index (χ3n) is 4.80. The summed E-state index contributed by atoms with van der Waals surface area (Å²) in [6.45, 7) is 1.97. The van der Waals surface area contributed by atoms with Crippen molar-refractivity contribution in [3.8, 4) is 0 Å². The molecule has 2 fully saturated rings. The largest absolute Gasteiger partial charge is 0.314 e. The van der Waals surface area contributed by atoms with E-state index < -0.39 is 0 Å². The summed E-state index contributed by atoms with van der Waals surface area (Å²) in [4.78, 5) is 2.29. The van der Waals surface area contributed by atoms with E-state index in [0.717, 1.165) is 19.5 Å². The van der Waals surface area contributed by atoms with Gasteiger partial charge in [0.1, 0.15) is 5.82 Å². The zero-order chi connectivity index (χ0) is 14.8. The Morgan fingerprint density at radius 2 is 2.10 bits per heavy atom. The van der Waals surface area contributed by atoms with Crippen molar-refractivity contribution < 1.29 is 4.39 Å². The summed E-state index contributed by atoms with van der Waals surface area (Å²) in [7, 11) is 2.10. The topological polar surface area (TPSA) is 15.3 Å². The smallest absolute Gasteiger partial charge is 0.129 e. The molecule has 2 nitrogen and oxygen atoms in total. The van der Waals surface area contributed by atoms with Crippen molar-refractivity contribution in [2.24, 2.45) is 5.92 Å². The fourth-order valence-electron chi connectivity index (χ4n) is 3.49. The van der Waals surface area contributed by atoms with E-state index in [1.807, 2.05) is 6.07 Å². The molecule has 2 atom stereocenters. The van der Waals surface area contributed by atoms with E-state index in [4.69, 9.17) is 11.6 Å². The fraction of sp³-hybridized carbons (Fsp3) is 0.647. The molecule has 1 saturated heterocycles. The minimum atomic E-state index is -0.169. The highest BCUT2D eigenvalue weighted by molar-refractivity contribution is 6.31. The van der Waals surface area contributed by atoms with Gasteiger partial charge < -0.3 is 5.32 Å². The van der Waals surface area contributed by atoms with Crippen LogP contribution in [0.4, 0.5) is 4.39 Å². The van der Waals surface area contributed by atoms with E-state index in [1.165, 1.54) is 31.7 Å². The van der Waals surface area contributed by atoms with E-state index >= 15 is 0 Å². The van der Waals surface area contributed by atoms with E-state index in [-0.39, 0.29) is 11.9 Å². The molecule has 1 aromatic rings. The summed E-state index contributed by atoms with van der Waals surface area (Å²) in [6, 6.07) is 5.80. The van der Waals surface area contributed by atoms with Gasteiger partial charge in [-0.2, -0.15) is 0 Å².